The molecule has 5 nitrogen and oxygen atoms in total. The maximum Gasteiger partial charge on any atom is 0.337 e. The molecule has 0 radical (unpaired) electrons. The first-order valence-corrected chi connectivity index (χ1v) is 5.10. The van der Waals surface area contributed by atoms with Crippen LogP contribution in [-0.4, -0.2) is 42.6 Å². The second-order valence-corrected chi connectivity index (χ2v) is 3.75. The second-order valence-electron chi connectivity index (χ2n) is 3.75. The maximum atomic E-state index is 11.2. The number of carboxylic acids is 1. The molecule has 0 aliphatic rings. The first-order chi connectivity index (χ1) is 8.02. The van der Waals surface area contributed by atoms with Gasteiger partial charge in [0, 0.05) is 6.54 Å². The van der Waals surface area contributed by atoms with Crippen LogP contribution in [0.2, 0.25) is 0 Å². The van der Waals surface area contributed by atoms with Gasteiger partial charge in [-0.25, -0.2) is 4.79 Å². The van der Waals surface area contributed by atoms with Gasteiger partial charge in [-0.1, -0.05) is 12.1 Å². The van der Waals surface area contributed by atoms with Crippen LogP contribution < -0.4 is 0 Å². The SMILES string of the molecule is COC(=O)c1ccc(CN(C)CC(=O)O)cc1. The number of rotatable bonds is 5. The smallest absolute Gasteiger partial charge is 0.337 e. The monoisotopic (exact) mass is 237 g/mol. The number of benzene rings is 1. The number of carbonyl (C=O) groups is 2. The molecule has 1 N–H and O–H groups in total. The second kappa shape index (κ2) is 6.00. The van der Waals surface area contributed by atoms with E-state index in [0.717, 1.165) is 5.56 Å². The standard InChI is InChI=1S/C12H15NO4/c1-13(8-11(14)15)7-9-3-5-10(6-4-9)12(16)17-2/h3-6H,7-8H2,1-2H3,(H,14,15). The Kier molecular flexibility index (Phi) is 4.66. The van der Waals surface area contributed by atoms with Crippen molar-refractivity contribution in [1.29, 1.82) is 0 Å². The van der Waals surface area contributed by atoms with Crippen molar-refractivity contribution in [3.05, 3.63) is 35.4 Å². The molecular weight excluding hydrogens is 222 g/mol. The van der Waals surface area contributed by atoms with Crippen molar-refractivity contribution < 1.29 is 19.4 Å². The fourth-order valence-corrected chi connectivity index (χ4v) is 1.46. The van der Waals surface area contributed by atoms with E-state index in [2.05, 4.69) is 4.74 Å². The predicted octanol–water partition coefficient (Wildman–Crippen LogP) is 0.990. The normalized spacial score (nSPS) is 10.3. The van der Waals surface area contributed by atoms with Crippen molar-refractivity contribution in [3.8, 4) is 0 Å². The molecule has 0 saturated carbocycles. The summed E-state index contributed by atoms with van der Waals surface area (Å²) in [5.41, 5.74) is 1.43. The average molecular weight is 237 g/mol. The van der Waals surface area contributed by atoms with E-state index in [1.807, 2.05) is 0 Å². The van der Waals surface area contributed by atoms with Gasteiger partial charge in [-0.3, -0.25) is 9.69 Å². The molecule has 0 bridgehead atoms. The van der Waals surface area contributed by atoms with Crippen molar-refractivity contribution >= 4 is 11.9 Å². The van der Waals surface area contributed by atoms with E-state index < -0.39 is 5.97 Å². The van der Waals surface area contributed by atoms with Gasteiger partial charge in [0.1, 0.15) is 0 Å². The van der Waals surface area contributed by atoms with Crippen molar-refractivity contribution in [2.75, 3.05) is 20.7 Å². The third-order valence-electron chi connectivity index (χ3n) is 2.23. The fourth-order valence-electron chi connectivity index (χ4n) is 1.46. The Labute approximate surface area is 99.6 Å². The van der Waals surface area contributed by atoms with Crippen LogP contribution in [0.4, 0.5) is 0 Å². The van der Waals surface area contributed by atoms with Crippen LogP contribution in [0.5, 0.6) is 0 Å². The van der Waals surface area contributed by atoms with Gasteiger partial charge in [-0.2, -0.15) is 0 Å². The third-order valence-corrected chi connectivity index (χ3v) is 2.23. The van der Waals surface area contributed by atoms with Crippen LogP contribution in [0.25, 0.3) is 0 Å². The van der Waals surface area contributed by atoms with Gasteiger partial charge < -0.3 is 9.84 Å². The molecule has 0 aliphatic heterocycles. The summed E-state index contributed by atoms with van der Waals surface area (Å²) in [5.74, 6) is -1.24. The molecule has 92 valence electrons. The van der Waals surface area contributed by atoms with Gasteiger partial charge in [0.25, 0.3) is 0 Å². The van der Waals surface area contributed by atoms with E-state index in [0.29, 0.717) is 12.1 Å². The van der Waals surface area contributed by atoms with E-state index in [4.69, 9.17) is 5.11 Å². The fraction of sp³-hybridized carbons (Fsp3) is 0.333. The lowest BCUT2D eigenvalue weighted by Gasteiger charge is -2.13. The molecule has 0 heterocycles. The number of hydrogen-bond acceptors (Lipinski definition) is 4. The van der Waals surface area contributed by atoms with Crippen LogP contribution >= 0.6 is 0 Å². The Morgan fingerprint density at radius 1 is 1.29 bits per heavy atom. The lowest BCUT2D eigenvalue weighted by atomic mass is 10.1. The first-order valence-electron chi connectivity index (χ1n) is 5.10. The molecule has 17 heavy (non-hydrogen) atoms. The van der Waals surface area contributed by atoms with Crippen molar-refractivity contribution in [1.82, 2.24) is 4.90 Å². The minimum absolute atomic E-state index is 0.0151. The molecule has 0 atom stereocenters. The lowest BCUT2D eigenvalue weighted by molar-refractivity contribution is -0.138. The van der Waals surface area contributed by atoms with E-state index in [9.17, 15) is 9.59 Å². The Morgan fingerprint density at radius 2 is 1.88 bits per heavy atom. The highest BCUT2D eigenvalue weighted by atomic mass is 16.5. The van der Waals surface area contributed by atoms with Crippen molar-refractivity contribution in [2.24, 2.45) is 0 Å². The molecule has 0 fully saturated rings. The van der Waals surface area contributed by atoms with E-state index in [-0.39, 0.29) is 12.5 Å². The molecule has 0 amide bonds. The number of carboxylic acid groups (broad SMARTS) is 1. The van der Waals surface area contributed by atoms with Crippen molar-refractivity contribution in [3.63, 3.8) is 0 Å². The topological polar surface area (TPSA) is 66.8 Å². The summed E-state index contributed by atoms with van der Waals surface area (Å²) in [6, 6.07) is 6.89. The van der Waals surface area contributed by atoms with Gasteiger partial charge in [0.2, 0.25) is 0 Å². The zero-order valence-electron chi connectivity index (χ0n) is 9.84. The zero-order chi connectivity index (χ0) is 12.8. The van der Waals surface area contributed by atoms with E-state index in [1.165, 1.54) is 7.11 Å². The first kappa shape index (κ1) is 13.2. The highest BCUT2D eigenvalue weighted by Crippen LogP contribution is 2.07. The van der Waals surface area contributed by atoms with Crippen molar-refractivity contribution in [2.45, 2.75) is 6.54 Å². The third kappa shape index (κ3) is 4.24. The number of ether oxygens (including phenoxy) is 1. The number of hydrogen-bond donors (Lipinski definition) is 1. The summed E-state index contributed by atoms with van der Waals surface area (Å²) in [5, 5.41) is 8.61. The highest BCUT2D eigenvalue weighted by Gasteiger charge is 2.07. The van der Waals surface area contributed by atoms with Gasteiger partial charge in [-0.15, -0.1) is 0 Å². The summed E-state index contributed by atoms with van der Waals surface area (Å²) >= 11 is 0. The summed E-state index contributed by atoms with van der Waals surface area (Å²) in [6.07, 6.45) is 0. The molecule has 1 aromatic rings. The summed E-state index contributed by atoms with van der Waals surface area (Å²) in [4.78, 5) is 23.3. The minimum atomic E-state index is -0.862. The molecule has 5 heteroatoms. The Bertz CT molecular complexity index is 399. The molecule has 0 saturated heterocycles. The zero-order valence-corrected chi connectivity index (χ0v) is 9.84. The molecule has 1 rings (SSSR count). The lowest BCUT2D eigenvalue weighted by Crippen LogP contribution is -2.25. The van der Waals surface area contributed by atoms with Gasteiger partial charge in [-0.05, 0) is 24.7 Å². The Balaban J connectivity index is 2.62. The number of carbonyl (C=O) groups excluding carboxylic acids is 1. The molecule has 0 aliphatic carbocycles. The van der Waals surface area contributed by atoms with Crippen LogP contribution in [-0.2, 0) is 16.1 Å². The molecule has 1 aromatic carbocycles. The number of nitrogens with zero attached hydrogens (tertiary/aromatic N) is 1. The van der Waals surface area contributed by atoms with Crippen LogP contribution in [0.3, 0.4) is 0 Å². The number of esters is 1. The van der Waals surface area contributed by atoms with Gasteiger partial charge in [0.15, 0.2) is 0 Å². The van der Waals surface area contributed by atoms with Crippen LogP contribution in [0, 0.1) is 0 Å². The molecule has 0 aromatic heterocycles. The highest BCUT2D eigenvalue weighted by molar-refractivity contribution is 5.89. The van der Waals surface area contributed by atoms with Crippen LogP contribution in [0.15, 0.2) is 24.3 Å². The van der Waals surface area contributed by atoms with Gasteiger partial charge in [0.05, 0.1) is 19.2 Å². The quantitative estimate of drug-likeness (QED) is 0.773. The molecule has 0 unspecified atom stereocenters. The minimum Gasteiger partial charge on any atom is -0.480 e. The Morgan fingerprint density at radius 3 is 2.35 bits per heavy atom. The average Bonchev–Trinajstić information content (AvgIpc) is 2.28. The molecular formula is C12H15NO4. The number of aliphatic carboxylic acids is 1. The van der Waals surface area contributed by atoms with Crippen LogP contribution in [0.1, 0.15) is 15.9 Å². The van der Waals surface area contributed by atoms with Gasteiger partial charge >= 0.3 is 11.9 Å². The summed E-state index contributed by atoms with van der Waals surface area (Å²) in [7, 11) is 3.05. The van der Waals surface area contributed by atoms with E-state index >= 15 is 0 Å². The Hall–Kier alpha value is -1.88. The number of methoxy groups -OCH3 is 1. The maximum absolute atomic E-state index is 11.2. The summed E-state index contributed by atoms with van der Waals surface area (Å²) < 4.78 is 4.58. The molecule has 0 spiro atoms. The largest absolute Gasteiger partial charge is 0.480 e. The summed E-state index contributed by atoms with van der Waals surface area (Å²) in [6.45, 7) is 0.506. The predicted molar refractivity (Wildman–Crippen MR) is 61.8 cm³/mol. The number of likely N-dealkylation sites (N-methyl/N-ethyl adjacent to an activating group) is 1. The van der Waals surface area contributed by atoms with E-state index in [1.54, 1.807) is 36.2 Å².